The topological polar surface area (TPSA) is 68.2 Å². The molecule has 0 bridgehead atoms. The van der Waals surface area contributed by atoms with Crippen molar-refractivity contribution < 1.29 is 8.42 Å². The highest BCUT2D eigenvalue weighted by Gasteiger charge is 2.26. The third-order valence-corrected chi connectivity index (χ3v) is 5.69. The Kier molecular flexibility index (Phi) is 2.94. The lowest BCUT2D eigenvalue weighted by Gasteiger charge is -2.10. The first-order chi connectivity index (χ1) is 11.0. The van der Waals surface area contributed by atoms with E-state index in [1.807, 2.05) is 30.3 Å². The maximum atomic E-state index is 12.3. The van der Waals surface area contributed by atoms with Gasteiger partial charge in [0.25, 0.3) is 5.56 Å². The first-order valence-electron chi connectivity index (χ1n) is 7.19. The van der Waals surface area contributed by atoms with E-state index < -0.39 is 10.0 Å². The number of nitrogens with one attached hydrogen (secondary N) is 1. The zero-order valence-electron chi connectivity index (χ0n) is 12.4. The predicted octanol–water partition coefficient (Wildman–Crippen LogP) is 2.00. The summed E-state index contributed by atoms with van der Waals surface area (Å²) in [6, 6.07) is 12.8. The van der Waals surface area contributed by atoms with Crippen LogP contribution in [0.2, 0.25) is 0 Å². The molecule has 6 heteroatoms. The largest absolute Gasteiger partial charge is 0.317 e. The van der Waals surface area contributed by atoms with E-state index in [1.165, 1.54) is 4.57 Å². The Morgan fingerprint density at radius 2 is 1.83 bits per heavy atom. The first-order valence-corrected chi connectivity index (χ1v) is 8.67. The minimum Gasteiger partial charge on any atom is -0.317 e. The van der Waals surface area contributed by atoms with Crippen LogP contribution in [0.4, 0.5) is 0 Å². The van der Waals surface area contributed by atoms with Crippen LogP contribution in [0.1, 0.15) is 5.56 Å². The highest BCUT2D eigenvalue weighted by Crippen LogP contribution is 2.31. The summed E-state index contributed by atoms with van der Waals surface area (Å²) >= 11 is 0. The summed E-state index contributed by atoms with van der Waals surface area (Å²) in [7, 11) is -1.73. The third kappa shape index (κ3) is 2.10. The van der Waals surface area contributed by atoms with Gasteiger partial charge in [-0.3, -0.25) is 4.79 Å². The molecule has 1 aliphatic heterocycles. The lowest BCUT2D eigenvalue weighted by Crippen LogP contribution is -2.16. The van der Waals surface area contributed by atoms with Crippen molar-refractivity contribution in [1.29, 1.82) is 0 Å². The predicted molar refractivity (Wildman–Crippen MR) is 88.7 cm³/mol. The van der Waals surface area contributed by atoms with E-state index >= 15 is 0 Å². The molecule has 0 saturated heterocycles. The van der Waals surface area contributed by atoms with Crippen LogP contribution in [0.15, 0.2) is 58.4 Å². The molecule has 0 aliphatic carbocycles. The van der Waals surface area contributed by atoms with Crippen LogP contribution in [-0.4, -0.2) is 13.0 Å². The second kappa shape index (κ2) is 4.78. The summed E-state index contributed by atoms with van der Waals surface area (Å²) in [6.45, 7) is 0.325. The molecule has 0 atom stereocenters. The van der Waals surface area contributed by atoms with Crippen LogP contribution >= 0.6 is 0 Å². The zero-order valence-corrected chi connectivity index (χ0v) is 13.2. The van der Waals surface area contributed by atoms with Crippen molar-refractivity contribution in [1.82, 2.24) is 9.29 Å². The molecule has 0 spiro atoms. The van der Waals surface area contributed by atoms with Crippen molar-refractivity contribution in [3.05, 3.63) is 64.6 Å². The molecule has 2 aromatic carbocycles. The van der Waals surface area contributed by atoms with Crippen molar-refractivity contribution in [2.75, 3.05) is 0 Å². The van der Waals surface area contributed by atoms with E-state index in [2.05, 4.69) is 4.72 Å². The second-order valence-corrected chi connectivity index (χ2v) is 7.39. The van der Waals surface area contributed by atoms with Crippen LogP contribution < -0.4 is 10.3 Å². The molecule has 0 unspecified atom stereocenters. The average molecular weight is 326 g/mol. The lowest BCUT2D eigenvalue weighted by molar-refractivity contribution is 0.589. The maximum Gasteiger partial charge on any atom is 0.258 e. The number of fused-ring (bicyclic) bond motifs is 2. The third-order valence-electron chi connectivity index (χ3n) is 4.21. The van der Waals surface area contributed by atoms with Gasteiger partial charge in [-0.05, 0) is 28.6 Å². The molecule has 23 heavy (non-hydrogen) atoms. The van der Waals surface area contributed by atoms with Gasteiger partial charge in [0, 0.05) is 30.7 Å². The number of nitrogens with zero attached hydrogens (tertiary/aromatic N) is 1. The fourth-order valence-corrected chi connectivity index (χ4v) is 4.28. The van der Waals surface area contributed by atoms with Gasteiger partial charge in [0.05, 0.1) is 4.90 Å². The molecule has 2 heterocycles. The van der Waals surface area contributed by atoms with E-state index in [4.69, 9.17) is 0 Å². The molecule has 116 valence electrons. The van der Waals surface area contributed by atoms with Crippen molar-refractivity contribution >= 4 is 20.8 Å². The first kappa shape index (κ1) is 14.2. The normalized spacial score (nSPS) is 15.7. The number of sulfonamides is 1. The number of aromatic nitrogens is 1. The molecular formula is C17H14N2O3S. The van der Waals surface area contributed by atoms with Crippen molar-refractivity contribution in [2.24, 2.45) is 7.05 Å². The van der Waals surface area contributed by atoms with Gasteiger partial charge >= 0.3 is 0 Å². The Bertz CT molecular complexity index is 1110. The molecule has 0 fully saturated rings. The number of aryl methyl sites for hydroxylation is 1. The number of rotatable bonds is 1. The SMILES string of the molecule is Cn1cc(-c2ccc3c(c2)S(=O)(=O)NC3)c2ccccc2c1=O. The second-order valence-electron chi connectivity index (χ2n) is 5.65. The fraction of sp³-hybridized carbons (Fsp3) is 0.118. The summed E-state index contributed by atoms with van der Waals surface area (Å²) in [4.78, 5) is 12.6. The number of benzene rings is 2. The van der Waals surface area contributed by atoms with E-state index in [0.29, 0.717) is 16.8 Å². The van der Waals surface area contributed by atoms with E-state index in [-0.39, 0.29) is 5.56 Å². The fourth-order valence-electron chi connectivity index (χ4n) is 3.02. The Hall–Kier alpha value is -2.44. The Balaban J connectivity index is 2.05. The summed E-state index contributed by atoms with van der Waals surface area (Å²) in [5.41, 5.74) is 2.32. The standard InChI is InChI=1S/C17H14N2O3S/c1-19-10-15(13-4-2-3-5-14(13)17(19)20)11-6-7-12-9-18-23(21,22)16(12)8-11/h2-8,10,18H,9H2,1H3. The van der Waals surface area contributed by atoms with Crippen LogP contribution in [0.5, 0.6) is 0 Å². The molecule has 0 amide bonds. The molecule has 5 nitrogen and oxygen atoms in total. The quantitative estimate of drug-likeness (QED) is 0.744. The Morgan fingerprint density at radius 1 is 1.09 bits per heavy atom. The zero-order chi connectivity index (χ0) is 16.2. The molecule has 1 N–H and O–H groups in total. The smallest absolute Gasteiger partial charge is 0.258 e. The van der Waals surface area contributed by atoms with Gasteiger partial charge in [-0.15, -0.1) is 0 Å². The van der Waals surface area contributed by atoms with Gasteiger partial charge in [0.15, 0.2) is 0 Å². The van der Waals surface area contributed by atoms with Crippen LogP contribution in [0.25, 0.3) is 21.9 Å². The van der Waals surface area contributed by atoms with Gasteiger partial charge in [-0.1, -0.05) is 30.3 Å². The molecule has 3 aromatic rings. The Morgan fingerprint density at radius 3 is 2.61 bits per heavy atom. The molecule has 4 rings (SSSR count). The molecule has 1 aromatic heterocycles. The molecular weight excluding hydrogens is 312 g/mol. The molecule has 0 radical (unpaired) electrons. The van der Waals surface area contributed by atoms with Crippen molar-refractivity contribution in [3.8, 4) is 11.1 Å². The van der Waals surface area contributed by atoms with Crippen molar-refractivity contribution in [3.63, 3.8) is 0 Å². The van der Waals surface area contributed by atoms with E-state index in [1.54, 1.807) is 25.4 Å². The number of hydrogen-bond acceptors (Lipinski definition) is 3. The van der Waals surface area contributed by atoms with Crippen LogP contribution in [-0.2, 0) is 23.6 Å². The minimum absolute atomic E-state index is 0.0696. The number of hydrogen-bond donors (Lipinski definition) is 1. The van der Waals surface area contributed by atoms with Gasteiger partial charge in [0.1, 0.15) is 0 Å². The summed E-state index contributed by atoms with van der Waals surface area (Å²) in [6.07, 6.45) is 1.75. The summed E-state index contributed by atoms with van der Waals surface area (Å²) in [5, 5.41) is 1.44. The van der Waals surface area contributed by atoms with Crippen LogP contribution in [0.3, 0.4) is 0 Å². The highest BCUT2D eigenvalue weighted by atomic mass is 32.2. The average Bonchev–Trinajstić information content (AvgIpc) is 2.86. The van der Waals surface area contributed by atoms with Gasteiger partial charge in [-0.25, -0.2) is 13.1 Å². The monoisotopic (exact) mass is 326 g/mol. The molecule has 0 saturated carbocycles. The van der Waals surface area contributed by atoms with E-state index in [0.717, 1.165) is 22.1 Å². The van der Waals surface area contributed by atoms with Crippen LogP contribution in [0, 0.1) is 0 Å². The minimum atomic E-state index is -3.43. The van der Waals surface area contributed by atoms with Crippen molar-refractivity contribution in [2.45, 2.75) is 11.4 Å². The van der Waals surface area contributed by atoms with Gasteiger partial charge in [-0.2, -0.15) is 0 Å². The number of pyridine rings is 1. The molecule has 1 aliphatic rings. The Labute approximate surface area is 133 Å². The summed E-state index contributed by atoms with van der Waals surface area (Å²) in [5.74, 6) is 0. The summed E-state index contributed by atoms with van der Waals surface area (Å²) < 4.78 is 28.1. The van der Waals surface area contributed by atoms with E-state index in [9.17, 15) is 13.2 Å². The van der Waals surface area contributed by atoms with Gasteiger partial charge < -0.3 is 4.57 Å². The maximum absolute atomic E-state index is 12.3. The lowest BCUT2D eigenvalue weighted by atomic mass is 9.99. The van der Waals surface area contributed by atoms with Gasteiger partial charge in [0.2, 0.25) is 10.0 Å². The highest BCUT2D eigenvalue weighted by molar-refractivity contribution is 7.89.